The Kier molecular flexibility index (Phi) is 3.08. The number of benzene rings is 1. The maximum absolute atomic E-state index is 11.5. The van der Waals surface area contributed by atoms with E-state index in [4.69, 9.17) is 4.74 Å². The number of aromatic amines is 1. The molecule has 0 saturated heterocycles. The molecule has 7 heteroatoms. The van der Waals surface area contributed by atoms with Gasteiger partial charge in [0, 0.05) is 6.26 Å². The third-order valence-corrected chi connectivity index (χ3v) is 3.46. The fourth-order valence-corrected chi connectivity index (χ4v) is 2.16. The van der Waals surface area contributed by atoms with Crippen LogP contribution in [-0.4, -0.2) is 37.2 Å². The van der Waals surface area contributed by atoms with Crippen molar-refractivity contribution in [2.45, 2.75) is 11.8 Å². The van der Waals surface area contributed by atoms with Gasteiger partial charge in [-0.3, -0.25) is 0 Å². The molecule has 2 aromatic rings. The summed E-state index contributed by atoms with van der Waals surface area (Å²) in [5.41, 5.74) is 1.01. The molecule has 2 rings (SSSR count). The zero-order chi connectivity index (χ0) is 13.3. The molecular formula is C11H12N2O4S. The molecule has 0 amide bonds. The number of sulfone groups is 1. The Balaban J connectivity index is 2.49. The molecule has 0 spiro atoms. The van der Waals surface area contributed by atoms with Gasteiger partial charge in [-0.05, 0) is 25.1 Å². The van der Waals surface area contributed by atoms with Gasteiger partial charge < -0.3 is 9.72 Å². The van der Waals surface area contributed by atoms with Gasteiger partial charge in [0.25, 0.3) is 0 Å². The second-order valence-corrected chi connectivity index (χ2v) is 5.77. The number of fused-ring (bicyclic) bond motifs is 1. The second-order valence-electron chi connectivity index (χ2n) is 3.76. The van der Waals surface area contributed by atoms with Crippen LogP contribution in [0.2, 0.25) is 0 Å². The summed E-state index contributed by atoms with van der Waals surface area (Å²) in [5.74, 6) is -0.493. The first kappa shape index (κ1) is 12.6. The summed E-state index contributed by atoms with van der Waals surface area (Å²) in [4.78, 5) is 18.4. The van der Waals surface area contributed by atoms with Gasteiger partial charge in [0.1, 0.15) is 0 Å². The number of esters is 1. The number of carbonyl (C=O) groups excluding carboxylic acids is 1. The predicted octanol–water partition coefficient (Wildman–Crippen LogP) is 1.14. The van der Waals surface area contributed by atoms with Crippen LogP contribution in [0.3, 0.4) is 0 Å². The van der Waals surface area contributed by atoms with Crippen molar-refractivity contribution in [3.8, 4) is 0 Å². The number of nitrogens with one attached hydrogen (secondary N) is 1. The topological polar surface area (TPSA) is 89.1 Å². The quantitative estimate of drug-likeness (QED) is 0.843. The number of nitrogens with zero attached hydrogens (tertiary/aromatic N) is 1. The van der Waals surface area contributed by atoms with Crippen molar-refractivity contribution < 1.29 is 17.9 Å². The molecule has 1 heterocycles. The molecule has 0 fully saturated rings. The highest BCUT2D eigenvalue weighted by molar-refractivity contribution is 7.90. The molecule has 0 saturated carbocycles. The fraction of sp³-hybridized carbons (Fsp3) is 0.273. The Labute approximate surface area is 104 Å². The van der Waals surface area contributed by atoms with Crippen molar-refractivity contribution in [3.05, 3.63) is 24.0 Å². The molecule has 6 nitrogen and oxygen atoms in total. The number of carbonyl (C=O) groups is 1. The van der Waals surface area contributed by atoms with Gasteiger partial charge in [0.05, 0.1) is 22.5 Å². The zero-order valence-corrected chi connectivity index (χ0v) is 10.7. The van der Waals surface area contributed by atoms with Crippen LogP contribution in [0.4, 0.5) is 0 Å². The van der Waals surface area contributed by atoms with Crippen LogP contribution in [0.15, 0.2) is 23.1 Å². The van der Waals surface area contributed by atoms with Gasteiger partial charge in [0.15, 0.2) is 9.84 Å². The average Bonchev–Trinajstić information content (AvgIpc) is 2.70. The lowest BCUT2D eigenvalue weighted by atomic mass is 10.3. The van der Waals surface area contributed by atoms with E-state index < -0.39 is 15.8 Å². The monoisotopic (exact) mass is 268 g/mol. The first-order valence-electron chi connectivity index (χ1n) is 5.28. The summed E-state index contributed by atoms with van der Waals surface area (Å²) in [7, 11) is -3.28. The van der Waals surface area contributed by atoms with Gasteiger partial charge in [-0.15, -0.1) is 0 Å². The Morgan fingerprint density at radius 3 is 2.78 bits per heavy atom. The number of hydrogen-bond donors (Lipinski definition) is 1. The van der Waals surface area contributed by atoms with Crippen LogP contribution in [0.1, 0.15) is 17.5 Å². The summed E-state index contributed by atoms with van der Waals surface area (Å²) < 4.78 is 27.6. The van der Waals surface area contributed by atoms with Gasteiger partial charge in [-0.1, -0.05) is 0 Å². The predicted molar refractivity (Wildman–Crippen MR) is 65.2 cm³/mol. The van der Waals surface area contributed by atoms with Crippen LogP contribution >= 0.6 is 0 Å². The highest BCUT2D eigenvalue weighted by Crippen LogP contribution is 2.17. The van der Waals surface area contributed by atoms with Crippen LogP contribution < -0.4 is 0 Å². The molecule has 0 bridgehead atoms. The molecule has 0 aliphatic rings. The summed E-state index contributed by atoms with van der Waals surface area (Å²) in [6.07, 6.45) is 1.12. The largest absolute Gasteiger partial charge is 0.460 e. The highest BCUT2D eigenvalue weighted by atomic mass is 32.2. The third kappa shape index (κ3) is 2.35. The van der Waals surface area contributed by atoms with E-state index in [1.807, 2.05) is 0 Å². The van der Waals surface area contributed by atoms with Crippen molar-refractivity contribution in [2.24, 2.45) is 0 Å². The fourth-order valence-electron chi connectivity index (χ4n) is 1.52. The van der Waals surface area contributed by atoms with Crippen LogP contribution in [0.5, 0.6) is 0 Å². The van der Waals surface area contributed by atoms with Crippen molar-refractivity contribution >= 4 is 26.8 Å². The second kappa shape index (κ2) is 4.41. The minimum atomic E-state index is -3.28. The number of hydrogen-bond acceptors (Lipinski definition) is 5. The van der Waals surface area contributed by atoms with E-state index in [2.05, 4.69) is 9.97 Å². The van der Waals surface area contributed by atoms with Crippen LogP contribution in [-0.2, 0) is 14.6 Å². The van der Waals surface area contributed by atoms with Gasteiger partial charge >= 0.3 is 5.97 Å². The Morgan fingerprint density at radius 2 is 2.17 bits per heavy atom. The Hall–Kier alpha value is -1.89. The number of rotatable bonds is 3. The summed E-state index contributed by atoms with van der Waals surface area (Å²) in [5, 5.41) is 0. The number of H-pyrrole nitrogens is 1. The minimum absolute atomic E-state index is 0.0671. The first-order valence-corrected chi connectivity index (χ1v) is 7.18. The molecule has 1 aromatic carbocycles. The molecule has 0 radical (unpaired) electrons. The molecule has 0 aliphatic heterocycles. The summed E-state index contributed by atoms with van der Waals surface area (Å²) >= 11 is 0. The Bertz CT molecular complexity index is 703. The van der Waals surface area contributed by atoms with Gasteiger partial charge in [-0.2, -0.15) is 0 Å². The standard InChI is InChI=1S/C11H12N2O4S/c1-3-17-11(14)10-12-8-5-4-7(18(2,15)16)6-9(8)13-10/h4-6H,3H2,1-2H3,(H,12,13). The van der Waals surface area contributed by atoms with E-state index in [9.17, 15) is 13.2 Å². The number of imidazole rings is 1. The maximum Gasteiger partial charge on any atom is 0.374 e. The van der Waals surface area contributed by atoms with Gasteiger partial charge in [-0.25, -0.2) is 18.2 Å². The minimum Gasteiger partial charge on any atom is -0.460 e. The molecule has 96 valence electrons. The van der Waals surface area contributed by atoms with E-state index in [1.165, 1.54) is 12.1 Å². The van der Waals surface area contributed by atoms with E-state index in [0.717, 1.165) is 6.26 Å². The molecule has 1 aromatic heterocycles. The van der Waals surface area contributed by atoms with E-state index >= 15 is 0 Å². The average molecular weight is 268 g/mol. The Morgan fingerprint density at radius 1 is 1.44 bits per heavy atom. The molecule has 18 heavy (non-hydrogen) atoms. The molecule has 0 atom stereocenters. The van der Waals surface area contributed by atoms with Gasteiger partial charge in [0.2, 0.25) is 5.82 Å². The molecule has 0 unspecified atom stereocenters. The third-order valence-electron chi connectivity index (χ3n) is 2.35. The SMILES string of the molecule is CCOC(=O)c1nc2ccc(S(C)(=O)=O)cc2[nH]1. The van der Waals surface area contributed by atoms with Crippen LogP contribution in [0.25, 0.3) is 11.0 Å². The van der Waals surface area contributed by atoms with E-state index in [-0.39, 0.29) is 17.3 Å². The lowest BCUT2D eigenvalue weighted by Gasteiger charge is -1.96. The summed E-state index contributed by atoms with van der Waals surface area (Å²) in [6, 6.07) is 4.44. The lowest BCUT2D eigenvalue weighted by Crippen LogP contribution is -2.06. The lowest BCUT2D eigenvalue weighted by molar-refractivity contribution is 0.0513. The maximum atomic E-state index is 11.5. The van der Waals surface area contributed by atoms with Crippen LogP contribution in [0, 0.1) is 0 Å². The molecular weight excluding hydrogens is 256 g/mol. The van der Waals surface area contributed by atoms with Crippen molar-refractivity contribution in [1.82, 2.24) is 9.97 Å². The number of ether oxygens (including phenoxy) is 1. The highest BCUT2D eigenvalue weighted by Gasteiger charge is 2.14. The first-order chi connectivity index (χ1) is 8.41. The van der Waals surface area contributed by atoms with E-state index in [1.54, 1.807) is 13.0 Å². The summed E-state index contributed by atoms with van der Waals surface area (Å²) in [6.45, 7) is 1.95. The van der Waals surface area contributed by atoms with E-state index in [0.29, 0.717) is 11.0 Å². The smallest absolute Gasteiger partial charge is 0.374 e. The normalized spacial score (nSPS) is 11.7. The zero-order valence-electron chi connectivity index (χ0n) is 9.93. The molecule has 1 N–H and O–H groups in total. The van der Waals surface area contributed by atoms with Crippen molar-refractivity contribution in [1.29, 1.82) is 0 Å². The van der Waals surface area contributed by atoms with Crippen molar-refractivity contribution in [3.63, 3.8) is 0 Å². The molecule has 0 aliphatic carbocycles. The van der Waals surface area contributed by atoms with Crippen molar-refractivity contribution in [2.75, 3.05) is 12.9 Å². The number of aromatic nitrogens is 2.